The highest BCUT2D eigenvalue weighted by molar-refractivity contribution is 6.77. The van der Waals surface area contributed by atoms with E-state index < -0.39 is 20.3 Å². The molecule has 5 nitrogen and oxygen atoms in total. The number of aliphatic hydroxyl groups is 1. The molecule has 3 rings (SSSR count). The van der Waals surface area contributed by atoms with Gasteiger partial charge in [0.15, 0.2) is 0 Å². The Bertz CT molecular complexity index is 601. The zero-order valence-corrected chi connectivity index (χ0v) is 14.6. The SMILES string of the molecule is C[Si]1(C)CCN(c2ccc(N3CC(CO)OC3=O)cc2F)CC1. The highest BCUT2D eigenvalue weighted by Gasteiger charge is 2.33. The lowest BCUT2D eigenvalue weighted by atomic mass is 10.2. The first-order chi connectivity index (χ1) is 10.9. The number of carbonyl (C=O) groups is 1. The Morgan fingerprint density at radius 3 is 2.61 bits per heavy atom. The van der Waals surface area contributed by atoms with Crippen LogP contribution in [0.5, 0.6) is 0 Å². The summed E-state index contributed by atoms with van der Waals surface area (Å²) in [5.41, 5.74) is 1.07. The van der Waals surface area contributed by atoms with E-state index in [0.717, 1.165) is 13.1 Å². The minimum absolute atomic E-state index is 0.226. The molecule has 0 bridgehead atoms. The van der Waals surface area contributed by atoms with E-state index in [4.69, 9.17) is 9.84 Å². The summed E-state index contributed by atoms with van der Waals surface area (Å²) in [6.45, 7) is 6.57. The maximum Gasteiger partial charge on any atom is 0.414 e. The summed E-state index contributed by atoms with van der Waals surface area (Å²) in [6.07, 6.45) is -1.08. The second-order valence-electron chi connectivity index (χ2n) is 7.09. The van der Waals surface area contributed by atoms with Gasteiger partial charge in [0, 0.05) is 13.1 Å². The Hall–Kier alpha value is -1.60. The van der Waals surface area contributed by atoms with Gasteiger partial charge in [0.2, 0.25) is 0 Å². The molecule has 1 aromatic rings. The number of aliphatic hydroxyl groups excluding tert-OH is 1. The average Bonchev–Trinajstić information content (AvgIpc) is 2.89. The van der Waals surface area contributed by atoms with E-state index in [1.165, 1.54) is 23.1 Å². The molecule has 1 amide bonds. The van der Waals surface area contributed by atoms with E-state index in [2.05, 4.69) is 18.0 Å². The zero-order valence-electron chi connectivity index (χ0n) is 13.6. The van der Waals surface area contributed by atoms with Crippen molar-refractivity contribution in [3.05, 3.63) is 24.0 Å². The lowest BCUT2D eigenvalue weighted by Crippen LogP contribution is -2.43. The third-order valence-electron chi connectivity index (χ3n) is 4.78. The number of halogens is 1. The number of hydrogen-bond acceptors (Lipinski definition) is 4. The largest absolute Gasteiger partial charge is 0.441 e. The molecule has 1 atom stereocenters. The number of ether oxygens (including phenoxy) is 1. The topological polar surface area (TPSA) is 53.0 Å². The van der Waals surface area contributed by atoms with E-state index in [-0.39, 0.29) is 19.0 Å². The molecule has 2 aliphatic heterocycles. The van der Waals surface area contributed by atoms with Crippen LogP contribution in [-0.4, -0.2) is 51.6 Å². The summed E-state index contributed by atoms with van der Waals surface area (Å²) in [5, 5.41) is 9.08. The normalized spacial score (nSPS) is 24.0. The monoisotopic (exact) mass is 338 g/mol. The minimum atomic E-state index is -1.09. The van der Waals surface area contributed by atoms with Crippen LogP contribution < -0.4 is 9.80 Å². The van der Waals surface area contributed by atoms with Gasteiger partial charge in [-0.3, -0.25) is 4.90 Å². The number of amides is 1. The second kappa shape index (κ2) is 6.12. The smallest absolute Gasteiger partial charge is 0.414 e. The maximum absolute atomic E-state index is 14.5. The molecule has 7 heteroatoms. The van der Waals surface area contributed by atoms with Crippen LogP contribution in [0.4, 0.5) is 20.6 Å². The molecule has 2 heterocycles. The molecule has 23 heavy (non-hydrogen) atoms. The summed E-state index contributed by atoms with van der Waals surface area (Å²) in [4.78, 5) is 15.2. The maximum atomic E-state index is 14.5. The van der Waals surface area contributed by atoms with Crippen molar-refractivity contribution < 1.29 is 19.0 Å². The number of cyclic esters (lactones) is 1. The summed E-state index contributed by atoms with van der Waals surface area (Å²) >= 11 is 0. The number of anilines is 2. The number of hydrogen-bond donors (Lipinski definition) is 1. The fourth-order valence-electron chi connectivity index (χ4n) is 3.10. The van der Waals surface area contributed by atoms with E-state index in [1.54, 1.807) is 12.1 Å². The summed E-state index contributed by atoms with van der Waals surface area (Å²) in [5.74, 6) is -0.316. The second-order valence-corrected chi connectivity index (χ2v) is 12.4. The van der Waals surface area contributed by atoms with Gasteiger partial charge in [0.1, 0.15) is 11.9 Å². The summed E-state index contributed by atoms with van der Waals surface area (Å²) in [6, 6.07) is 7.21. The molecule has 0 spiro atoms. The fraction of sp³-hybridized carbons (Fsp3) is 0.562. The fourth-order valence-corrected chi connectivity index (χ4v) is 5.10. The van der Waals surface area contributed by atoms with E-state index >= 15 is 0 Å². The summed E-state index contributed by atoms with van der Waals surface area (Å²) in [7, 11) is -1.09. The Balaban J connectivity index is 1.75. The number of rotatable bonds is 3. The lowest BCUT2D eigenvalue weighted by Gasteiger charge is -2.37. The van der Waals surface area contributed by atoms with Crippen molar-refractivity contribution in [3.8, 4) is 0 Å². The predicted molar refractivity (Wildman–Crippen MR) is 90.4 cm³/mol. The molecular formula is C16H23FN2O3Si. The minimum Gasteiger partial charge on any atom is -0.441 e. The predicted octanol–water partition coefficient (Wildman–Crippen LogP) is 2.67. The molecular weight excluding hydrogens is 315 g/mol. The molecule has 1 N–H and O–H groups in total. The number of nitrogens with zero attached hydrogens (tertiary/aromatic N) is 2. The molecule has 2 saturated heterocycles. The van der Waals surface area contributed by atoms with Crippen LogP contribution in [0.1, 0.15) is 0 Å². The van der Waals surface area contributed by atoms with Crippen molar-refractivity contribution in [2.24, 2.45) is 0 Å². The average molecular weight is 338 g/mol. The van der Waals surface area contributed by atoms with Gasteiger partial charge in [-0.1, -0.05) is 13.1 Å². The van der Waals surface area contributed by atoms with Crippen molar-refractivity contribution in [3.63, 3.8) is 0 Å². The van der Waals surface area contributed by atoms with Gasteiger partial charge < -0.3 is 14.7 Å². The molecule has 0 aromatic heterocycles. The third-order valence-corrected chi connectivity index (χ3v) is 7.93. The first-order valence-electron chi connectivity index (χ1n) is 8.03. The van der Waals surface area contributed by atoms with Crippen LogP contribution in [0, 0.1) is 5.82 Å². The van der Waals surface area contributed by atoms with Gasteiger partial charge in [-0.05, 0) is 30.3 Å². The molecule has 0 radical (unpaired) electrons. The Kier molecular flexibility index (Phi) is 4.33. The molecule has 126 valence electrons. The quantitative estimate of drug-likeness (QED) is 0.861. The van der Waals surface area contributed by atoms with Crippen molar-refractivity contribution in [1.82, 2.24) is 0 Å². The van der Waals surface area contributed by atoms with Crippen molar-refractivity contribution in [1.29, 1.82) is 0 Å². The first-order valence-corrected chi connectivity index (χ1v) is 11.4. The van der Waals surface area contributed by atoms with Crippen LogP contribution in [0.2, 0.25) is 25.2 Å². The lowest BCUT2D eigenvalue weighted by molar-refractivity contribution is 0.0963. The highest BCUT2D eigenvalue weighted by atomic mass is 28.3. The third kappa shape index (κ3) is 3.35. The van der Waals surface area contributed by atoms with Gasteiger partial charge in [-0.25, -0.2) is 9.18 Å². The first kappa shape index (κ1) is 16.3. The number of benzene rings is 1. The van der Waals surface area contributed by atoms with Crippen LogP contribution in [0.15, 0.2) is 18.2 Å². The Morgan fingerprint density at radius 2 is 2.04 bits per heavy atom. The van der Waals surface area contributed by atoms with Crippen LogP contribution in [-0.2, 0) is 4.74 Å². The summed E-state index contributed by atoms with van der Waals surface area (Å²) < 4.78 is 19.5. The van der Waals surface area contributed by atoms with Crippen LogP contribution >= 0.6 is 0 Å². The van der Waals surface area contributed by atoms with Crippen molar-refractivity contribution in [2.45, 2.75) is 31.3 Å². The zero-order chi connectivity index (χ0) is 16.6. The van der Waals surface area contributed by atoms with Gasteiger partial charge >= 0.3 is 6.09 Å². The van der Waals surface area contributed by atoms with Gasteiger partial charge in [-0.15, -0.1) is 0 Å². The standard InChI is InChI=1S/C16H23FN2O3Si/c1-23(2)7-5-18(6-8-23)15-4-3-12(9-14(15)17)19-10-13(11-20)22-16(19)21/h3-4,9,13,20H,5-8,10-11H2,1-2H3. The van der Waals surface area contributed by atoms with Crippen molar-refractivity contribution in [2.75, 3.05) is 36.0 Å². The highest BCUT2D eigenvalue weighted by Crippen LogP contribution is 2.31. The van der Waals surface area contributed by atoms with Crippen LogP contribution in [0.25, 0.3) is 0 Å². The van der Waals surface area contributed by atoms with Crippen LogP contribution in [0.3, 0.4) is 0 Å². The molecule has 0 aliphatic carbocycles. The van der Waals surface area contributed by atoms with Gasteiger partial charge in [0.25, 0.3) is 0 Å². The molecule has 2 aliphatic rings. The number of carbonyl (C=O) groups excluding carboxylic acids is 1. The molecule has 0 saturated carbocycles. The van der Waals surface area contributed by atoms with Gasteiger partial charge in [-0.2, -0.15) is 0 Å². The molecule has 2 fully saturated rings. The van der Waals surface area contributed by atoms with E-state index in [9.17, 15) is 9.18 Å². The van der Waals surface area contributed by atoms with Crippen molar-refractivity contribution >= 4 is 25.5 Å². The molecule has 1 unspecified atom stereocenters. The Labute approximate surface area is 136 Å². The van der Waals surface area contributed by atoms with E-state index in [0.29, 0.717) is 11.4 Å². The van der Waals surface area contributed by atoms with Gasteiger partial charge in [0.05, 0.1) is 32.6 Å². The molecule has 1 aromatic carbocycles. The van der Waals surface area contributed by atoms with E-state index in [1.807, 2.05) is 0 Å². The Morgan fingerprint density at radius 1 is 1.35 bits per heavy atom.